The highest BCUT2D eigenvalue weighted by molar-refractivity contribution is 9.10. The third-order valence-electron chi connectivity index (χ3n) is 5.66. The highest BCUT2D eigenvalue weighted by atomic mass is 79.9. The van der Waals surface area contributed by atoms with E-state index in [1.165, 1.54) is 11.8 Å². The number of carbonyl (C=O) groups is 2. The molecule has 4 nitrogen and oxygen atoms in total. The standard InChI is InChI=1S/C24H23BrN2O2S2/c1-3-4-8-13-26-19-12-11-17(25)14-18(19)20(22(26)28)21-23(29)27(24(30)31-21)15(2)16-9-6-5-7-10-16/h5-7,9-12,14-15H,3-4,8,13H2,1-2H3/b21-20-/t15-/m0/s1. The van der Waals surface area contributed by atoms with Crippen LogP contribution in [0.2, 0.25) is 0 Å². The van der Waals surface area contributed by atoms with Crippen molar-refractivity contribution in [3.05, 3.63) is 69.0 Å². The molecule has 160 valence electrons. The first kappa shape index (κ1) is 22.2. The van der Waals surface area contributed by atoms with Crippen molar-refractivity contribution in [3.8, 4) is 0 Å². The van der Waals surface area contributed by atoms with Gasteiger partial charge in [-0.15, -0.1) is 0 Å². The molecular formula is C24H23BrN2O2S2. The van der Waals surface area contributed by atoms with Crippen LogP contribution in [0.3, 0.4) is 0 Å². The Morgan fingerprint density at radius 3 is 2.52 bits per heavy atom. The van der Waals surface area contributed by atoms with Gasteiger partial charge in [0.15, 0.2) is 0 Å². The molecule has 0 radical (unpaired) electrons. The molecule has 0 unspecified atom stereocenters. The SMILES string of the molecule is CCCCCN1C(=O)/C(=C2\SC(=S)N([C@@H](C)c3ccccc3)C2=O)c2cc(Br)ccc21. The first-order valence-corrected chi connectivity index (χ1v) is 12.4. The van der Waals surface area contributed by atoms with Crippen molar-refractivity contribution in [2.24, 2.45) is 0 Å². The van der Waals surface area contributed by atoms with Crippen LogP contribution in [-0.2, 0) is 9.59 Å². The molecule has 0 bridgehead atoms. The Labute approximate surface area is 200 Å². The molecule has 0 saturated carbocycles. The zero-order chi connectivity index (χ0) is 22.1. The summed E-state index contributed by atoms with van der Waals surface area (Å²) in [4.78, 5) is 30.8. The maximum absolute atomic E-state index is 13.5. The van der Waals surface area contributed by atoms with Gasteiger partial charge in [-0.25, -0.2) is 0 Å². The Morgan fingerprint density at radius 2 is 1.81 bits per heavy atom. The minimum absolute atomic E-state index is 0.114. The second kappa shape index (κ2) is 9.27. The molecule has 7 heteroatoms. The van der Waals surface area contributed by atoms with Crippen molar-refractivity contribution in [1.82, 2.24) is 4.90 Å². The Bertz CT molecular complexity index is 1080. The summed E-state index contributed by atoms with van der Waals surface area (Å²) in [7, 11) is 0. The second-order valence-electron chi connectivity index (χ2n) is 7.66. The molecule has 31 heavy (non-hydrogen) atoms. The molecule has 1 atom stereocenters. The number of thioether (sulfide) groups is 1. The molecule has 0 N–H and O–H groups in total. The monoisotopic (exact) mass is 514 g/mol. The fourth-order valence-electron chi connectivity index (χ4n) is 4.01. The van der Waals surface area contributed by atoms with Crippen LogP contribution in [0.15, 0.2) is 57.9 Å². The minimum Gasteiger partial charge on any atom is -0.308 e. The van der Waals surface area contributed by atoms with E-state index in [9.17, 15) is 9.59 Å². The summed E-state index contributed by atoms with van der Waals surface area (Å²) in [6.45, 7) is 4.75. The molecule has 1 fully saturated rings. The normalized spacial score (nSPS) is 19.4. The van der Waals surface area contributed by atoms with E-state index in [1.54, 1.807) is 9.80 Å². The van der Waals surface area contributed by atoms with E-state index in [4.69, 9.17) is 12.2 Å². The summed E-state index contributed by atoms with van der Waals surface area (Å²) in [5.74, 6) is -0.312. The smallest absolute Gasteiger partial charge is 0.267 e. The minimum atomic E-state index is -0.203. The van der Waals surface area contributed by atoms with Crippen LogP contribution in [0, 0.1) is 0 Å². The molecule has 2 aliphatic rings. The predicted octanol–water partition coefficient (Wildman–Crippen LogP) is 6.32. The number of rotatable bonds is 6. The molecule has 4 rings (SSSR count). The number of fused-ring (bicyclic) bond motifs is 1. The molecule has 2 aromatic carbocycles. The number of hydrogen-bond acceptors (Lipinski definition) is 4. The van der Waals surface area contributed by atoms with Crippen LogP contribution in [0.1, 0.15) is 50.3 Å². The van der Waals surface area contributed by atoms with E-state index in [0.29, 0.717) is 21.3 Å². The third-order valence-corrected chi connectivity index (χ3v) is 7.55. The summed E-state index contributed by atoms with van der Waals surface area (Å²) in [6.07, 6.45) is 3.07. The first-order chi connectivity index (χ1) is 14.9. The lowest BCUT2D eigenvalue weighted by atomic mass is 10.1. The van der Waals surface area contributed by atoms with Gasteiger partial charge in [0.2, 0.25) is 0 Å². The predicted molar refractivity (Wildman–Crippen MR) is 135 cm³/mol. The van der Waals surface area contributed by atoms with Gasteiger partial charge >= 0.3 is 0 Å². The van der Waals surface area contributed by atoms with E-state index < -0.39 is 0 Å². The summed E-state index contributed by atoms with van der Waals surface area (Å²) in [5, 5.41) is 0. The zero-order valence-corrected chi connectivity index (χ0v) is 20.6. The van der Waals surface area contributed by atoms with Crippen molar-refractivity contribution >= 4 is 67.3 Å². The number of benzene rings is 2. The zero-order valence-electron chi connectivity index (χ0n) is 17.4. The van der Waals surface area contributed by atoms with Gasteiger partial charge in [0.1, 0.15) is 4.32 Å². The van der Waals surface area contributed by atoms with Crippen molar-refractivity contribution in [3.63, 3.8) is 0 Å². The molecule has 0 aromatic heterocycles. The molecule has 0 aliphatic carbocycles. The van der Waals surface area contributed by atoms with E-state index >= 15 is 0 Å². The fourth-order valence-corrected chi connectivity index (χ4v) is 5.86. The Balaban J connectivity index is 1.74. The Morgan fingerprint density at radius 1 is 1.06 bits per heavy atom. The average Bonchev–Trinajstić information content (AvgIpc) is 3.20. The van der Waals surface area contributed by atoms with Crippen LogP contribution >= 0.6 is 39.9 Å². The fraction of sp³-hybridized carbons (Fsp3) is 0.292. The van der Waals surface area contributed by atoms with E-state index in [2.05, 4.69) is 22.9 Å². The lowest BCUT2D eigenvalue weighted by Gasteiger charge is -2.23. The summed E-state index contributed by atoms with van der Waals surface area (Å²) in [5.41, 5.74) is 3.13. The second-order valence-corrected chi connectivity index (χ2v) is 10.2. The topological polar surface area (TPSA) is 40.6 Å². The van der Waals surface area contributed by atoms with Crippen LogP contribution in [0.25, 0.3) is 5.57 Å². The number of nitrogens with zero attached hydrogens (tertiary/aromatic N) is 2. The van der Waals surface area contributed by atoms with Crippen LogP contribution in [0.4, 0.5) is 5.69 Å². The molecule has 0 spiro atoms. The van der Waals surface area contributed by atoms with Crippen LogP contribution in [-0.4, -0.2) is 27.6 Å². The Hall–Kier alpha value is -1.96. The molecule has 2 amide bonds. The number of thiocarbonyl (C=S) groups is 1. The van der Waals surface area contributed by atoms with Gasteiger partial charge in [-0.3, -0.25) is 14.5 Å². The van der Waals surface area contributed by atoms with Gasteiger partial charge in [0, 0.05) is 16.6 Å². The molecule has 1 saturated heterocycles. The van der Waals surface area contributed by atoms with Crippen molar-refractivity contribution in [2.75, 3.05) is 11.4 Å². The van der Waals surface area contributed by atoms with Gasteiger partial charge in [-0.1, -0.05) is 90.0 Å². The summed E-state index contributed by atoms with van der Waals surface area (Å²) < 4.78 is 1.36. The number of halogens is 1. The lowest BCUT2D eigenvalue weighted by molar-refractivity contribution is -0.123. The van der Waals surface area contributed by atoms with Crippen LogP contribution in [0.5, 0.6) is 0 Å². The highest BCUT2D eigenvalue weighted by Crippen LogP contribution is 2.47. The van der Waals surface area contributed by atoms with Crippen molar-refractivity contribution in [1.29, 1.82) is 0 Å². The van der Waals surface area contributed by atoms with Gasteiger partial charge in [-0.2, -0.15) is 0 Å². The van der Waals surface area contributed by atoms with E-state index in [-0.39, 0.29) is 17.9 Å². The maximum Gasteiger partial charge on any atom is 0.267 e. The van der Waals surface area contributed by atoms with E-state index in [1.807, 2.05) is 55.5 Å². The van der Waals surface area contributed by atoms with Crippen molar-refractivity contribution < 1.29 is 9.59 Å². The van der Waals surface area contributed by atoms with Gasteiger partial charge in [0.05, 0.1) is 22.2 Å². The first-order valence-electron chi connectivity index (χ1n) is 10.4. The number of anilines is 1. The highest BCUT2D eigenvalue weighted by Gasteiger charge is 2.43. The molecular weight excluding hydrogens is 492 g/mol. The van der Waals surface area contributed by atoms with E-state index in [0.717, 1.165) is 40.5 Å². The molecule has 2 aliphatic heterocycles. The van der Waals surface area contributed by atoms with Gasteiger partial charge in [-0.05, 0) is 37.1 Å². The number of hydrogen-bond donors (Lipinski definition) is 0. The number of amides is 2. The van der Waals surface area contributed by atoms with Gasteiger partial charge in [0.25, 0.3) is 11.8 Å². The maximum atomic E-state index is 13.5. The van der Waals surface area contributed by atoms with Gasteiger partial charge < -0.3 is 4.90 Å². The third kappa shape index (κ3) is 4.11. The lowest BCUT2D eigenvalue weighted by Crippen LogP contribution is -2.32. The average molecular weight is 515 g/mol. The van der Waals surface area contributed by atoms with Crippen molar-refractivity contribution in [2.45, 2.75) is 39.2 Å². The quantitative estimate of drug-likeness (QED) is 0.257. The van der Waals surface area contributed by atoms with Crippen LogP contribution < -0.4 is 4.90 Å². The molecule has 2 heterocycles. The largest absolute Gasteiger partial charge is 0.308 e. The molecule has 2 aromatic rings. The summed E-state index contributed by atoms with van der Waals surface area (Å²) >= 11 is 10.3. The number of carbonyl (C=O) groups excluding carboxylic acids is 2. The number of unbranched alkanes of at least 4 members (excludes halogenated alkanes) is 2. The Kier molecular flexibility index (Phi) is 6.65. The summed E-state index contributed by atoms with van der Waals surface area (Å²) in [6, 6.07) is 15.4.